The van der Waals surface area contributed by atoms with Gasteiger partial charge in [0.05, 0.1) is 0 Å². The van der Waals surface area contributed by atoms with Crippen LogP contribution in [0.2, 0.25) is 0 Å². The molecule has 0 aliphatic heterocycles. The smallest absolute Gasteiger partial charge is 0.333 e. The van der Waals surface area contributed by atoms with Crippen molar-refractivity contribution in [3.8, 4) is 0 Å². The van der Waals surface area contributed by atoms with Gasteiger partial charge in [-0.2, -0.15) is 12.6 Å². The molecule has 17 heavy (non-hydrogen) atoms. The van der Waals surface area contributed by atoms with Crippen molar-refractivity contribution in [3.05, 3.63) is 46.0 Å². The molecule has 0 aliphatic rings. The highest BCUT2D eigenvalue weighted by Crippen LogP contribution is 2.10. The molecule has 0 heterocycles. The van der Waals surface area contributed by atoms with Gasteiger partial charge < -0.3 is 5.11 Å². The normalized spacial score (nSPS) is 11.8. The van der Waals surface area contributed by atoms with Crippen LogP contribution in [0.25, 0.3) is 0 Å². The molecule has 0 unspecified atom stereocenters. The minimum atomic E-state index is -1.26. The van der Waals surface area contributed by atoms with Gasteiger partial charge in [-0.25, -0.2) is 14.9 Å². The molecular weight excluding hydrogens is 244 g/mol. The first kappa shape index (κ1) is 13.3. The number of benzene rings is 1. The second-order valence-corrected chi connectivity index (χ2v) is 3.72. The van der Waals surface area contributed by atoms with Crippen LogP contribution in [0.15, 0.2) is 30.3 Å². The van der Waals surface area contributed by atoms with Crippen LogP contribution in [0.5, 0.6) is 0 Å². The lowest BCUT2D eigenvalue weighted by Gasteiger charge is -2.19. The Labute approximate surface area is 103 Å². The highest BCUT2D eigenvalue weighted by atomic mass is 32.1. The topological polar surface area (TPSA) is 83.7 Å². The zero-order valence-corrected chi connectivity index (χ0v) is 9.79. The van der Waals surface area contributed by atoms with Gasteiger partial charge in [-0.15, -0.1) is 5.01 Å². The second kappa shape index (κ2) is 6.09. The standard InChI is InChI=1S/C10H12N2O4S/c13-10(14)9(7-17)11(12(15)16)6-8-4-2-1-3-5-8/h1-5,9,17H,6-7H2,(H,13,14)/t9-/m0/s1. The summed E-state index contributed by atoms with van der Waals surface area (Å²) in [6.45, 7) is -0.0641. The molecule has 0 fully saturated rings. The van der Waals surface area contributed by atoms with Crippen molar-refractivity contribution in [3.63, 3.8) is 0 Å². The van der Waals surface area contributed by atoms with E-state index in [1.807, 2.05) is 0 Å². The van der Waals surface area contributed by atoms with Crippen LogP contribution in [0, 0.1) is 10.1 Å². The summed E-state index contributed by atoms with van der Waals surface area (Å²) in [5, 5.41) is 19.7. The van der Waals surface area contributed by atoms with Crippen LogP contribution in [-0.4, -0.2) is 32.9 Å². The van der Waals surface area contributed by atoms with E-state index in [9.17, 15) is 14.9 Å². The molecule has 1 aromatic rings. The van der Waals surface area contributed by atoms with E-state index < -0.39 is 17.0 Å². The number of hydrogen-bond acceptors (Lipinski definition) is 4. The van der Waals surface area contributed by atoms with E-state index in [2.05, 4.69) is 12.6 Å². The molecule has 0 bridgehead atoms. The molecule has 7 heteroatoms. The van der Waals surface area contributed by atoms with Crippen molar-refractivity contribution in [1.82, 2.24) is 5.01 Å². The molecular formula is C10H12N2O4S. The Morgan fingerprint density at radius 2 is 2.06 bits per heavy atom. The number of hydrogen-bond donors (Lipinski definition) is 2. The quantitative estimate of drug-likeness (QED) is 0.452. The van der Waals surface area contributed by atoms with Crippen LogP contribution in [0.1, 0.15) is 5.56 Å². The number of carboxylic acid groups (broad SMARTS) is 1. The van der Waals surface area contributed by atoms with Gasteiger partial charge in [-0.05, 0) is 5.56 Å². The fourth-order valence-corrected chi connectivity index (χ4v) is 1.70. The van der Waals surface area contributed by atoms with Crippen molar-refractivity contribution in [1.29, 1.82) is 0 Å². The van der Waals surface area contributed by atoms with Gasteiger partial charge in [-0.1, -0.05) is 30.3 Å². The minimum absolute atomic E-state index is 0.0641. The van der Waals surface area contributed by atoms with E-state index in [1.165, 1.54) is 0 Å². The fourth-order valence-electron chi connectivity index (χ4n) is 1.35. The molecule has 0 spiro atoms. The van der Waals surface area contributed by atoms with E-state index in [1.54, 1.807) is 30.3 Å². The van der Waals surface area contributed by atoms with Crippen molar-refractivity contribution in [2.24, 2.45) is 0 Å². The first-order valence-corrected chi connectivity index (χ1v) is 5.48. The van der Waals surface area contributed by atoms with Crippen molar-refractivity contribution in [2.45, 2.75) is 12.6 Å². The SMILES string of the molecule is O=C(O)[C@H](CS)N(Cc1ccccc1)[N+](=O)[O-]. The molecule has 0 saturated heterocycles. The number of hydrazine groups is 1. The third kappa shape index (κ3) is 3.63. The maximum absolute atomic E-state index is 10.9. The largest absolute Gasteiger partial charge is 0.480 e. The van der Waals surface area contributed by atoms with Crippen LogP contribution in [0.3, 0.4) is 0 Å². The van der Waals surface area contributed by atoms with Gasteiger partial charge in [0.2, 0.25) is 0 Å². The second-order valence-electron chi connectivity index (χ2n) is 3.36. The summed E-state index contributed by atoms with van der Waals surface area (Å²) in [6, 6.07) is 7.43. The molecule has 6 nitrogen and oxygen atoms in total. The van der Waals surface area contributed by atoms with E-state index in [0.717, 1.165) is 0 Å². The average Bonchev–Trinajstić information content (AvgIpc) is 2.29. The molecule has 0 aliphatic carbocycles. The Bertz CT molecular complexity index is 399. The summed E-state index contributed by atoms with van der Waals surface area (Å²) >= 11 is 3.83. The monoisotopic (exact) mass is 256 g/mol. The third-order valence-electron chi connectivity index (χ3n) is 2.21. The summed E-state index contributed by atoms with van der Waals surface area (Å²) in [5.41, 5.74) is 0.678. The van der Waals surface area contributed by atoms with Gasteiger partial charge in [-0.3, -0.25) is 0 Å². The Morgan fingerprint density at radius 3 is 2.47 bits per heavy atom. The van der Waals surface area contributed by atoms with E-state index in [0.29, 0.717) is 10.6 Å². The zero-order chi connectivity index (χ0) is 12.8. The first-order valence-electron chi connectivity index (χ1n) is 4.84. The number of nitro groups is 1. The Balaban J connectivity index is 2.87. The van der Waals surface area contributed by atoms with Crippen LogP contribution >= 0.6 is 12.6 Å². The van der Waals surface area contributed by atoms with Crippen LogP contribution < -0.4 is 0 Å². The fraction of sp³-hybridized carbons (Fsp3) is 0.300. The molecule has 0 saturated carbocycles. The molecule has 1 rings (SSSR count). The number of carbonyl (C=O) groups is 1. The van der Waals surface area contributed by atoms with Gasteiger partial charge in [0.15, 0.2) is 11.1 Å². The number of thiol groups is 1. The molecule has 92 valence electrons. The van der Waals surface area contributed by atoms with Gasteiger partial charge in [0.25, 0.3) is 0 Å². The zero-order valence-electron chi connectivity index (χ0n) is 8.89. The molecule has 0 amide bonds. The Hall–Kier alpha value is -1.76. The third-order valence-corrected chi connectivity index (χ3v) is 2.56. The van der Waals surface area contributed by atoms with E-state index >= 15 is 0 Å². The van der Waals surface area contributed by atoms with Crippen LogP contribution in [0.4, 0.5) is 0 Å². The summed E-state index contributed by atoms with van der Waals surface area (Å²) in [6.07, 6.45) is 0. The van der Waals surface area contributed by atoms with Crippen molar-refractivity contribution in [2.75, 3.05) is 5.75 Å². The van der Waals surface area contributed by atoms with Gasteiger partial charge in [0.1, 0.15) is 6.54 Å². The summed E-state index contributed by atoms with van der Waals surface area (Å²) in [4.78, 5) is 21.7. The lowest BCUT2D eigenvalue weighted by molar-refractivity contribution is -0.664. The molecule has 0 radical (unpaired) electrons. The van der Waals surface area contributed by atoms with Crippen molar-refractivity contribution < 1.29 is 14.9 Å². The van der Waals surface area contributed by atoms with E-state index in [4.69, 9.17) is 5.11 Å². The maximum atomic E-state index is 10.9. The van der Waals surface area contributed by atoms with Gasteiger partial charge in [0, 0.05) is 5.75 Å². The highest BCUT2D eigenvalue weighted by molar-refractivity contribution is 7.80. The Kier molecular flexibility index (Phi) is 4.77. The summed E-state index contributed by atoms with van der Waals surface area (Å²) in [7, 11) is 0. The summed E-state index contributed by atoms with van der Waals surface area (Å²) in [5.74, 6) is -1.38. The van der Waals surface area contributed by atoms with Crippen molar-refractivity contribution >= 4 is 18.6 Å². The predicted molar refractivity (Wildman–Crippen MR) is 64.3 cm³/mol. The lowest BCUT2D eigenvalue weighted by Crippen LogP contribution is -2.45. The predicted octanol–water partition coefficient (Wildman–Crippen LogP) is 1.06. The lowest BCUT2D eigenvalue weighted by atomic mass is 10.2. The average molecular weight is 256 g/mol. The van der Waals surface area contributed by atoms with E-state index in [-0.39, 0.29) is 12.3 Å². The van der Waals surface area contributed by atoms with Gasteiger partial charge >= 0.3 is 5.97 Å². The molecule has 1 N–H and O–H groups in total. The number of carboxylic acids is 1. The first-order chi connectivity index (χ1) is 8.06. The maximum Gasteiger partial charge on any atom is 0.333 e. The van der Waals surface area contributed by atoms with Crippen LogP contribution in [-0.2, 0) is 11.3 Å². The molecule has 1 aromatic carbocycles. The Morgan fingerprint density at radius 1 is 1.47 bits per heavy atom. The highest BCUT2D eigenvalue weighted by Gasteiger charge is 2.31. The number of rotatable bonds is 6. The summed E-state index contributed by atoms with van der Waals surface area (Å²) < 4.78 is 0. The molecule has 1 atom stereocenters. The number of nitrogens with zero attached hydrogens (tertiary/aromatic N) is 2. The minimum Gasteiger partial charge on any atom is -0.480 e. The molecule has 0 aromatic heterocycles. The number of aliphatic carboxylic acids is 1.